The summed E-state index contributed by atoms with van der Waals surface area (Å²) in [5, 5.41) is 12.0. The number of benzene rings is 2. The average molecular weight is 487 g/mol. The minimum absolute atomic E-state index is 0.108. The zero-order valence-corrected chi connectivity index (χ0v) is 20.8. The van der Waals surface area contributed by atoms with E-state index in [0.29, 0.717) is 38.0 Å². The van der Waals surface area contributed by atoms with Gasteiger partial charge in [0.25, 0.3) is 0 Å². The Morgan fingerprint density at radius 3 is 2.32 bits per heavy atom. The molecule has 0 saturated carbocycles. The van der Waals surface area contributed by atoms with Gasteiger partial charge in [-0.3, -0.25) is 9.59 Å². The smallest absolute Gasteiger partial charge is 0.326 e. The van der Waals surface area contributed by atoms with Crippen LogP contribution in [0.2, 0.25) is 0 Å². The average Bonchev–Trinajstić information content (AvgIpc) is 2.84. The Labute approximate surface area is 205 Å². The molecule has 2 N–H and O–H groups in total. The summed E-state index contributed by atoms with van der Waals surface area (Å²) in [6.07, 6.45) is 1.64. The molecule has 0 fully saturated rings. The molecule has 2 aromatic carbocycles. The van der Waals surface area contributed by atoms with E-state index in [1.807, 2.05) is 49.3 Å². The van der Waals surface area contributed by atoms with Crippen LogP contribution >= 0.6 is 11.8 Å². The van der Waals surface area contributed by atoms with Crippen LogP contribution in [0.3, 0.4) is 0 Å². The van der Waals surface area contributed by atoms with Crippen LogP contribution < -0.4 is 10.2 Å². The van der Waals surface area contributed by atoms with E-state index in [0.717, 1.165) is 23.0 Å². The van der Waals surface area contributed by atoms with Gasteiger partial charge in [0.1, 0.15) is 6.04 Å². The molecule has 184 valence electrons. The molecular weight excluding hydrogens is 452 g/mol. The Morgan fingerprint density at radius 2 is 1.71 bits per heavy atom. The number of anilines is 1. The van der Waals surface area contributed by atoms with Crippen molar-refractivity contribution < 1.29 is 24.2 Å². The lowest BCUT2D eigenvalue weighted by Gasteiger charge is -2.17. The highest BCUT2D eigenvalue weighted by Gasteiger charge is 2.23. The zero-order chi connectivity index (χ0) is 24.9. The fraction of sp³-hybridized carbons (Fsp3) is 0.423. The molecule has 0 aromatic heterocycles. The first-order chi connectivity index (χ1) is 16.3. The van der Waals surface area contributed by atoms with Crippen LogP contribution in [0.5, 0.6) is 0 Å². The van der Waals surface area contributed by atoms with Gasteiger partial charge in [-0.05, 0) is 37.0 Å². The molecule has 0 saturated heterocycles. The number of hydrogen-bond acceptors (Lipinski definition) is 6. The van der Waals surface area contributed by atoms with E-state index in [9.17, 15) is 19.5 Å². The van der Waals surface area contributed by atoms with Crippen molar-refractivity contribution in [3.05, 3.63) is 65.7 Å². The first-order valence-corrected chi connectivity index (χ1v) is 12.4. The van der Waals surface area contributed by atoms with Gasteiger partial charge < -0.3 is 20.1 Å². The number of hydrogen-bond donors (Lipinski definition) is 2. The van der Waals surface area contributed by atoms with Gasteiger partial charge in [-0.25, -0.2) is 4.79 Å². The van der Waals surface area contributed by atoms with Crippen LogP contribution in [0.4, 0.5) is 5.69 Å². The van der Waals surface area contributed by atoms with Crippen LogP contribution in [0.1, 0.15) is 42.1 Å². The van der Waals surface area contributed by atoms with Crippen LogP contribution in [-0.2, 0) is 20.9 Å². The molecule has 0 radical (unpaired) electrons. The number of ether oxygens (including phenoxy) is 1. The van der Waals surface area contributed by atoms with Crippen molar-refractivity contribution in [2.75, 3.05) is 31.4 Å². The van der Waals surface area contributed by atoms with Crippen molar-refractivity contribution in [3.63, 3.8) is 0 Å². The molecular formula is C26H34N2O5S. The van der Waals surface area contributed by atoms with E-state index >= 15 is 0 Å². The summed E-state index contributed by atoms with van der Waals surface area (Å²) in [6.45, 7) is 2.71. The lowest BCUT2D eigenvalue weighted by atomic mass is 10.1. The summed E-state index contributed by atoms with van der Waals surface area (Å²) in [7, 11) is 3.98. The number of nitrogens with zero attached hydrogens (tertiary/aromatic N) is 1. The SMILES string of the molecule is CC(CSC(=O)c1ccccc1)C(=O)N[C@@H](CCCCOCc1ccc(N(C)C)cc1)C(=O)O. The summed E-state index contributed by atoms with van der Waals surface area (Å²) in [5.74, 6) is -1.62. The van der Waals surface area contributed by atoms with E-state index < -0.39 is 17.9 Å². The van der Waals surface area contributed by atoms with E-state index in [4.69, 9.17) is 4.74 Å². The summed E-state index contributed by atoms with van der Waals surface area (Å²) < 4.78 is 5.69. The number of thioether (sulfide) groups is 1. The molecule has 1 amide bonds. The van der Waals surface area contributed by atoms with E-state index in [1.165, 1.54) is 0 Å². The predicted octanol–water partition coefficient (Wildman–Crippen LogP) is 4.22. The molecule has 0 aliphatic heterocycles. The standard InChI is InChI=1S/C26H34N2O5S/c1-19(18-34-26(32)21-9-5-4-6-10-21)24(29)27-23(25(30)31)11-7-8-16-33-17-20-12-14-22(15-13-20)28(2)3/h4-6,9-10,12-15,19,23H,7-8,11,16-18H2,1-3H3,(H,27,29)(H,30,31)/t19?,23-/m0/s1. The van der Waals surface area contributed by atoms with Crippen molar-refractivity contribution in [3.8, 4) is 0 Å². The lowest BCUT2D eigenvalue weighted by molar-refractivity contribution is -0.142. The molecule has 2 aromatic rings. The minimum Gasteiger partial charge on any atom is -0.480 e. The maximum absolute atomic E-state index is 12.4. The lowest BCUT2D eigenvalue weighted by Crippen LogP contribution is -2.43. The monoisotopic (exact) mass is 486 g/mol. The van der Waals surface area contributed by atoms with Gasteiger partial charge in [0.2, 0.25) is 11.0 Å². The van der Waals surface area contributed by atoms with Gasteiger partial charge in [-0.15, -0.1) is 0 Å². The number of carboxylic acid groups (broad SMARTS) is 1. The number of rotatable bonds is 14. The minimum atomic E-state index is -1.06. The molecule has 0 heterocycles. The zero-order valence-electron chi connectivity index (χ0n) is 20.0. The van der Waals surface area contributed by atoms with Crippen molar-refractivity contribution >= 4 is 34.4 Å². The van der Waals surface area contributed by atoms with E-state index in [1.54, 1.807) is 31.2 Å². The first kappa shape index (κ1) is 27.4. The molecule has 8 heteroatoms. The normalized spacial score (nSPS) is 12.6. The predicted molar refractivity (Wildman–Crippen MR) is 136 cm³/mol. The third kappa shape index (κ3) is 9.57. The third-order valence-corrected chi connectivity index (χ3v) is 6.45. The number of nitrogens with one attached hydrogen (secondary N) is 1. The largest absolute Gasteiger partial charge is 0.480 e. The summed E-state index contributed by atoms with van der Waals surface area (Å²) in [6, 6.07) is 16.0. The first-order valence-electron chi connectivity index (χ1n) is 11.4. The second-order valence-corrected chi connectivity index (χ2v) is 9.37. The van der Waals surface area contributed by atoms with Crippen LogP contribution in [0, 0.1) is 5.92 Å². The number of carbonyl (C=O) groups is 3. The number of amides is 1. The third-order valence-electron chi connectivity index (χ3n) is 5.29. The van der Waals surface area contributed by atoms with Crippen LogP contribution in [-0.4, -0.2) is 54.6 Å². The van der Waals surface area contributed by atoms with Crippen molar-refractivity contribution in [1.82, 2.24) is 5.32 Å². The Kier molecular flexibility index (Phi) is 11.6. The maximum atomic E-state index is 12.4. The molecule has 7 nitrogen and oxygen atoms in total. The van der Waals surface area contributed by atoms with Gasteiger partial charge >= 0.3 is 5.97 Å². The van der Waals surface area contributed by atoms with Crippen molar-refractivity contribution in [2.24, 2.45) is 5.92 Å². The van der Waals surface area contributed by atoms with Gasteiger partial charge in [0, 0.05) is 43.6 Å². The highest BCUT2D eigenvalue weighted by molar-refractivity contribution is 8.14. The van der Waals surface area contributed by atoms with Gasteiger partial charge in [-0.1, -0.05) is 61.2 Å². The van der Waals surface area contributed by atoms with Gasteiger partial charge in [0.05, 0.1) is 6.61 Å². The van der Waals surface area contributed by atoms with Crippen molar-refractivity contribution in [2.45, 2.75) is 38.8 Å². The molecule has 2 rings (SSSR count). The summed E-state index contributed by atoms with van der Waals surface area (Å²) in [4.78, 5) is 38.2. The highest BCUT2D eigenvalue weighted by Crippen LogP contribution is 2.16. The Morgan fingerprint density at radius 1 is 1.03 bits per heavy atom. The second kappa shape index (κ2) is 14.4. The molecule has 2 atom stereocenters. The van der Waals surface area contributed by atoms with Gasteiger partial charge in [0.15, 0.2) is 0 Å². The van der Waals surface area contributed by atoms with E-state index in [-0.39, 0.29) is 16.8 Å². The van der Waals surface area contributed by atoms with Crippen LogP contribution in [0.25, 0.3) is 0 Å². The van der Waals surface area contributed by atoms with Crippen molar-refractivity contribution in [1.29, 1.82) is 0 Å². The topological polar surface area (TPSA) is 95.9 Å². The van der Waals surface area contributed by atoms with E-state index in [2.05, 4.69) is 5.32 Å². The maximum Gasteiger partial charge on any atom is 0.326 e. The number of unbranched alkanes of at least 4 members (excludes halogenated alkanes) is 1. The number of carboxylic acids is 1. The fourth-order valence-corrected chi connectivity index (χ4v) is 3.99. The molecule has 0 bridgehead atoms. The molecule has 0 spiro atoms. The second-order valence-electron chi connectivity index (χ2n) is 8.37. The Balaban J connectivity index is 1.66. The quantitative estimate of drug-likeness (QED) is 0.386. The molecule has 34 heavy (non-hydrogen) atoms. The van der Waals surface area contributed by atoms with Crippen LogP contribution in [0.15, 0.2) is 54.6 Å². The Hall–Kier alpha value is -2.84. The number of aliphatic carboxylic acids is 1. The summed E-state index contributed by atoms with van der Waals surface area (Å²) in [5.41, 5.74) is 2.79. The number of carbonyl (C=O) groups excluding carboxylic acids is 2. The molecule has 1 unspecified atom stereocenters. The van der Waals surface area contributed by atoms with Gasteiger partial charge in [-0.2, -0.15) is 0 Å². The summed E-state index contributed by atoms with van der Waals surface area (Å²) >= 11 is 1.06. The molecule has 0 aliphatic rings. The molecule has 0 aliphatic carbocycles. The Bertz CT molecular complexity index is 919. The highest BCUT2D eigenvalue weighted by atomic mass is 32.2. The fourth-order valence-electron chi connectivity index (χ4n) is 3.14.